The van der Waals surface area contributed by atoms with Crippen LogP contribution in [0.3, 0.4) is 0 Å². The number of aromatic nitrogens is 1. The molecule has 0 saturated heterocycles. The lowest BCUT2D eigenvalue weighted by Crippen LogP contribution is -2.11. The molecule has 0 radical (unpaired) electrons. The van der Waals surface area contributed by atoms with E-state index in [0.717, 1.165) is 16.8 Å². The predicted molar refractivity (Wildman–Crippen MR) is 78.2 cm³/mol. The zero-order chi connectivity index (χ0) is 13.5. The van der Waals surface area contributed by atoms with Gasteiger partial charge in [-0.3, -0.25) is 4.98 Å². The topological polar surface area (TPSA) is 59.1 Å². The Labute approximate surface area is 113 Å². The fourth-order valence-electron chi connectivity index (χ4n) is 1.86. The van der Waals surface area contributed by atoms with Crippen molar-refractivity contribution in [2.24, 2.45) is 5.73 Å². The fraction of sp³-hybridized carbons (Fsp3) is 0.188. The number of nitrogens with two attached hydrogens (primary N) is 1. The minimum atomic E-state index is -0.117. The summed E-state index contributed by atoms with van der Waals surface area (Å²) in [6.07, 6.45) is 6.33. The first-order valence-corrected chi connectivity index (χ1v) is 6.35. The quantitative estimate of drug-likeness (QED) is 0.862. The van der Waals surface area contributed by atoms with E-state index in [1.165, 1.54) is 0 Å². The van der Waals surface area contributed by atoms with E-state index in [4.69, 9.17) is 10.8 Å². The Bertz CT molecular complexity index is 537. The van der Waals surface area contributed by atoms with Crippen LogP contribution in [0, 0.1) is 0 Å². The summed E-state index contributed by atoms with van der Waals surface area (Å²) in [5.41, 5.74) is 9.03. The predicted octanol–water partition coefficient (Wildman–Crippen LogP) is 2.63. The van der Waals surface area contributed by atoms with Gasteiger partial charge in [-0.05, 0) is 35.8 Å². The van der Waals surface area contributed by atoms with E-state index in [1.807, 2.05) is 54.6 Å². The van der Waals surface area contributed by atoms with Gasteiger partial charge in [0.25, 0.3) is 0 Å². The van der Waals surface area contributed by atoms with E-state index < -0.39 is 0 Å². The van der Waals surface area contributed by atoms with E-state index in [2.05, 4.69) is 4.98 Å². The highest BCUT2D eigenvalue weighted by atomic mass is 16.3. The Morgan fingerprint density at radius 1 is 1.16 bits per heavy atom. The maximum Gasteiger partial charge on any atom is 0.0629 e. The average Bonchev–Trinajstić information content (AvgIpc) is 2.47. The van der Waals surface area contributed by atoms with Crippen molar-refractivity contribution < 1.29 is 5.11 Å². The maximum absolute atomic E-state index is 8.92. The largest absolute Gasteiger partial charge is 0.396 e. The van der Waals surface area contributed by atoms with E-state index in [-0.39, 0.29) is 12.6 Å². The molecule has 0 aliphatic carbocycles. The third-order valence-corrected chi connectivity index (χ3v) is 2.91. The summed E-state index contributed by atoms with van der Waals surface area (Å²) in [6.45, 7) is 0.106. The van der Waals surface area contributed by atoms with Gasteiger partial charge < -0.3 is 10.8 Å². The lowest BCUT2D eigenvalue weighted by atomic mass is 10.0. The molecule has 0 fully saturated rings. The van der Waals surface area contributed by atoms with Crippen LogP contribution < -0.4 is 5.73 Å². The van der Waals surface area contributed by atoms with Gasteiger partial charge in [0.15, 0.2) is 0 Å². The first kappa shape index (κ1) is 13.5. The molecule has 98 valence electrons. The van der Waals surface area contributed by atoms with Crippen molar-refractivity contribution in [1.82, 2.24) is 4.98 Å². The fourth-order valence-corrected chi connectivity index (χ4v) is 1.86. The molecule has 1 aromatic heterocycles. The SMILES string of the molecule is NC(CCO)c1cccc(/C=C/c2ccccn2)c1. The van der Waals surface area contributed by atoms with E-state index >= 15 is 0 Å². The van der Waals surface area contributed by atoms with E-state index in [1.54, 1.807) is 6.20 Å². The molecule has 0 aliphatic heterocycles. The summed E-state index contributed by atoms with van der Waals surface area (Å²) in [4.78, 5) is 4.24. The smallest absolute Gasteiger partial charge is 0.0629 e. The van der Waals surface area contributed by atoms with E-state index in [9.17, 15) is 0 Å². The molecule has 1 atom stereocenters. The number of hydrogen-bond acceptors (Lipinski definition) is 3. The number of hydrogen-bond donors (Lipinski definition) is 2. The number of aliphatic hydroxyl groups excluding tert-OH is 1. The Kier molecular flexibility index (Phi) is 4.84. The van der Waals surface area contributed by atoms with Crippen LogP contribution in [-0.2, 0) is 0 Å². The summed E-state index contributed by atoms with van der Waals surface area (Å²) in [5.74, 6) is 0. The summed E-state index contributed by atoms with van der Waals surface area (Å²) >= 11 is 0. The lowest BCUT2D eigenvalue weighted by molar-refractivity contribution is 0.276. The van der Waals surface area contributed by atoms with Crippen molar-refractivity contribution in [2.45, 2.75) is 12.5 Å². The van der Waals surface area contributed by atoms with Gasteiger partial charge in [-0.1, -0.05) is 36.4 Å². The third-order valence-electron chi connectivity index (χ3n) is 2.91. The van der Waals surface area contributed by atoms with Crippen molar-refractivity contribution in [3.05, 3.63) is 65.5 Å². The molecule has 3 heteroatoms. The number of benzene rings is 1. The van der Waals surface area contributed by atoms with Gasteiger partial charge in [0.05, 0.1) is 5.69 Å². The van der Waals surface area contributed by atoms with Crippen molar-refractivity contribution in [2.75, 3.05) is 6.61 Å². The Morgan fingerprint density at radius 3 is 2.79 bits per heavy atom. The summed E-state index contributed by atoms with van der Waals surface area (Å²) < 4.78 is 0. The van der Waals surface area contributed by atoms with Gasteiger partial charge in [0.1, 0.15) is 0 Å². The van der Waals surface area contributed by atoms with Gasteiger partial charge in [0, 0.05) is 18.8 Å². The van der Waals surface area contributed by atoms with Crippen LogP contribution >= 0.6 is 0 Å². The van der Waals surface area contributed by atoms with Crippen molar-refractivity contribution in [1.29, 1.82) is 0 Å². The minimum absolute atomic E-state index is 0.106. The molecule has 19 heavy (non-hydrogen) atoms. The molecule has 1 unspecified atom stereocenters. The molecule has 0 spiro atoms. The Morgan fingerprint density at radius 2 is 2.05 bits per heavy atom. The standard InChI is InChI=1S/C16H18N2O/c17-16(9-11-19)14-5-3-4-13(12-14)7-8-15-6-1-2-10-18-15/h1-8,10,12,16,19H,9,11,17H2/b8-7+. The van der Waals surface area contributed by atoms with Gasteiger partial charge in [-0.15, -0.1) is 0 Å². The number of aliphatic hydroxyl groups is 1. The first-order valence-electron chi connectivity index (χ1n) is 6.35. The second-order valence-electron chi connectivity index (χ2n) is 4.38. The molecule has 0 amide bonds. The molecule has 2 aromatic rings. The van der Waals surface area contributed by atoms with E-state index in [0.29, 0.717) is 6.42 Å². The average molecular weight is 254 g/mol. The number of nitrogens with zero attached hydrogens (tertiary/aromatic N) is 1. The first-order chi connectivity index (χ1) is 9.29. The van der Waals surface area contributed by atoms with Crippen molar-refractivity contribution >= 4 is 12.2 Å². The van der Waals surface area contributed by atoms with Gasteiger partial charge in [-0.25, -0.2) is 0 Å². The second-order valence-corrected chi connectivity index (χ2v) is 4.38. The zero-order valence-electron chi connectivity index (χ0n) is 10.7. The molecule has 1 heterocycles. The van der Waals surface area contributed by atoms with Crippen LogP contribution in [0.5, 0.6) is 0 Å². The summed E-state index contributed by atoms with van der Waals surface area (Å²) in [5, 5.41) is 8.92. The van der Waals surface area contributed by atoms with Crippen molar-refractivity contribution in [3.63, 3.8) is 0 Å². The second kappa shape index (κ2) is 6.83. The molecule has 0 bridgehead atoms. The third kappa shape index (κ3) is 4.02. The highest BCUT2D eigenvalue weighted by molar-refractivity contribution is 5.68. The van der Waals surface area contributed by atoms with Gasteiger partial charge in [-0.2, -0.15) is 0 Å². The lowest BCUT2D eigenvalue weighted by Gasteiger charge is -2.10. The Balaban J connectivity index is 2.13. The van der Waals surface area contributed by atoms with Crippen LogP contribution in [0.1, 0.15) is 29.3 Å². The molecule has 0 aliphatic rings. The number of pyridine rings is 1. The van der Waals surface area contributed by atoms with Crippen LogP contribution in [0.25, 0.3) is 12.2 Å². The van der Waals surface area contributed by atoms with Gasteiger partial charge in [0.2, 0.25) is 0 Å². The highest BCUT2D eigenvalue weighted by Gasteiger charge is 2.04. The normalized spacial score (nSPS) is 12.7. The molecular weight excluding hydrogens is 236 g/mol. The number of rotatable bonds is 5. The monoisotopic (exact) mass is 254 g/mol. The minimum Gasteiger partial charge on any atom is -0.396 e. The summed E-state index contributed by atoms with van der Waals surface area (Å²) in [7, 11) is 0. The zero-order valence-corrected chi connectivity index (χ0v) is 10.7. The van der Waals surface area contributed by atoms with Crippen LogP contribution in [-0.4, -0.2) is 16.7 Å². The van der Waals surface area contributed by atoms with Gasteiger partial charge >= 0.3 is 0 Å². The van der Waals surface area contributed by atoms with Crippen LogP contribution in [0.15, 0.2) is 48.7 Å². The highest BCUT2D eigenvalue weighted by Crippen LogP contribution is 2.16. The molecule has 1 aromatic carbocycles. The summed E-state index contributed by atoms with van der Waals surface area (Å²) in [6, 6.07) is 13.7. The molecule has 2 rings (SSSR count). The Hall–Kier alpha value is -1.97. The van der Waals surface area contributed by atoms with Crippen LogP contribution in [0.4, 0.5) is 0 Å². The van der Waals surface area contributed by atoms with Crippen LogP contribution in [0.2, 0.25) is 0 Å². The molecule has 3 N–H and O–H groups in total. The molecular formula is C16H18N2O. The molecule has 0 saturated carbocycles. The maximum atomic E-state index is 8.92. The van der Waals surface area contributed by atoms with Crippen molar-refractivity contribution in [3.8, 4) is 0 Å². The molecule has 3 nitrogen and oxygen atoms in total.